The van der Waals surface area contributed by atoms with E-state index >= 15 is 0 Å². The van der Waals surface area contributed by atoms with Crippen LogP contribution in [0.1, 0.15) is 29.4 Å². The summed E-state index contributed by atoms with van der Waals surface area (Å²) in [6.07, 6.45) is 1.80. The zero-order chi connectivity index (χ0) is 22.1. The molecule has 0 unspecified atom stereocenters. The number of benzene rings is 2. The molecule has 1 aromatic heterocycles. The van der Waals surface area contributed by atoms with Crippen LogP contribution in [0.4, 0.5) is 5.69 Å². The van der Waals surface area contributed by atoms with Crippen LogP contribution in [0.2, 0.25) is 0 Å². The maximum atomic E-state index is 12.9. The Bertz CT molecular complexity index is 1230. The van der Waals surface area contributed by atoms with Crippen LogP contribution in [0.15, 0.2) is 67.3 Å². The maximum Gasteiger partial charge on any atom is 0.266 e. The summed E-state index contributed by atoms with van der Waals surface area (Å²) in [4.78, 5) is 20.0. The molecule has 1 fully saturated rings. The van der Waals surface area contributed by atoms with E-state index in [1.54, 1.807) is 11.0 Å². The molecular formula is C25H23BrN2O2S. The van der Waals surface area contributed by atoms with E-state index in [9.17, 15) is 4.79 Å². The highest BCUT2D eigenvalue weighted by Crippen LogP contribution is 2.36. The van der Waals surface area contributed by atoms with Crippen LogP contribution < -0.4 is 0 Å². The molecule has 0 atom stereocenters. The Hall–Kier alpha value is -2.57. The number of amides is 1. The van der Waals surface area contributed by atoms with Crippen molar-refractivity contribution >= 4 is 50.5 Å². The number of carbonyl (C=O) groups excluding carboxylic acids is 1. The number of furan rings is 1. The number of rotatable bonds is 4. The smallest absolute Gasteiger partial charge is 0.266 e. The van der Waals surface area contributed by atoms with Crippen molar-refractivity contribution < 1.29 is 9.21 Å². The number of carbonyl (C=O) groups is 1. The van der Waals surface area contributed by atoms with E-state index in [0.29, 0.717) is 22.4 Å². The number of amidine groups is 1. The Morgan fingerprint density at radius 1 is 1.06 bits per heavy atom. The molecule has 4 rings (SSSR count). The van der Waals surface area contributed by atoms with Crippen molar-refractivity contribution in [3.8, 4) is 11.3 Å². The fourth-order valence-corrected chi connectivity index (χ4v) is 5.03. The van der Waals surface area contributed by atoms with Crippen LogP contribution in [0.25, 0.3) is 17.4 Å². The molecular weight excluding hydrogens is 472 g/mol. The van der Waals surface area contributed by atoms with E-state index < -0.39 is 0 Å². The SMILES string of the molecule is CCN1C(=O)/C(=C\c2ccc(-c3ccc(C)cc3Br)o2)SC1=Nc1ccc(C)c(C)c1. The van der Waals surface area contributed by atoms with Crippen molar-refractivity contribution in [2.45, 2.75) is 27.7 Å². The summed E-state index contributed by atoms with van der Waals surface area (Å²) in [6.45, 7) is 8.71. The lowest BCUT2D eigenvalue weighted by molar-refractivity contribution is -0.122. The molecule has 0 spiro atoms. The fourth-order valence-electron chi connectivity index (χ4n) is 3.30. The molecule has 0 N–H and O–H groups in total. The quantitative estimate of drug-likeness (QED) is 0.358. The summed E-state index contributed by atoms with van der Waals surface area (Å²) >= 11 is 4.98. The van der Waals surface area contributed by atoms with Gasteiger partial charge in [0, 0.05) is 22.7 Å². The lowest BCUT2D eigenvalue weighted by Crippen LogP contribution is -2.28. The lowest BCUT2D eigenvalue weighted by Gasteiger charge is -2.12. The molecule has 0 aliphatic carbocycles. The third-order valence-electron chi connectivity index (χ3n) is 5.21. The topological polar surface area (TPSA) is 45.8 Å². The van der Waals surface area contributed by atoms with Crippen molar-refractivity contribution in [1.29, 1.82) is 0 Å². The molecule has 0 bridgehead atoms. The monoisotopic (exact) mass is 494 g/mol. The van der Waals surface area contributed by atoms with E-state index in [-0.39, 0.29) is 5.91 Å². The van der Waals surface area contributed by atoms with Crippen molar-refractivity contribution in [1.82, 2.24) is 4.90 Å². The second-order valence-corrected chi connectivity index (χ2v) is 9.37. The Morgan fingerprint density at radius 2 is 1.87 bits per heavy atom. The van der Waals surface area contributed by atoms with Crippen molar-refractivity contribution in [2.75, 3.05) is 6.54 Å². The van der Waals surface area contributed by atoms with Gasteiger partial charge in [-0.2, -0.15) is 0 Å². The van der Waals surface area contributed by atoms with Gasteiger partial charge in [-0.1, -0.05) is 28.1 Å². The predicted molar refractivity (Wildman–Crippen MR) is 133 cm³/mol. The molecule has 158 valence electrons. The average molecular weight is 495 g/mol. The summed E-state index contributed by atoms with van der Waals surface area (Å²) in [5.41, 5.74) is 5.41. The summed E-state index contributed by atoms with van der Waals surface area (Å²) in [5.74, 6) is 1.34. The van der Waals surface area contributed by atoms with Gasteiger partial charge in [-0.05, 0) is 92.5 Å². The van der Waals surface area contributed by atoms with Gasteiger partial charge in [0.25, 0.3) is 5.91 Å². The maximum absolute atomic E-state index is 12.9. The van der Waals surface area contributed by atoms with E-state index in [0.717, 1.165) is 21.5 Å². The van der Waals surface area contributed by atoms with E-state index in [1.807, 2.05) is 50.2 Å². The summed E-state index contributed by atoms with van der Waals surface area (Å²) in [6, 6.07) is 16.0. The van der Waals surface area contributed by atoms with Gasteiger partial charge in [-0.25, -0.2) is 4.99 Å². The molecule has 6 heteroatoms. The minimum atomic E-state index is -0.0513. The normalized spacial score (nSPS) is 16.7. The highest BCUT2D eigenvalue weighted by molar-refractivity contribution is 9.10. The minimum Gasteiger partial charge on any atom is -0.457 e. The van der Waals surface area contributed by atoms with Gasteiger partial charge in [0.1, 0.15) is 11.5 Å². The fraction of sp³-hybridized carbons (Fsp3) is 0.200. The largest absolute Gasteiger partial charge is 0.457 e. The molecule has 4 nitrogen and oxygen atoms in total. The molecule has 0 saturated carbocycles. The van der Waals surface area contributed by atoms with E-state index in [2.05, 4.69) is 41.9 Å². The number of aliphatic imine (C=N–C) groups is 1. The second-order valence-electron chi connectivity index (χ2n) is 7.51. The van der Waals surface area contributed by atoms with Gasteiger partial charge in [-0.15, -0.1) is 0 Å². The molecule has 2 aromatic carbocycles. The first-order valence-corrected chi connectivity index (χ1v) is 11.7. The van der Waals surface area contributed by atoms with Crippen LogP contribution in [0, 0.1) is 20.8 Å². The molecule has 0 radical (unpaired) electrons. The summed E-state index contributed by atoms with van der Waals surface area (Å²) in [7, 11) is 0. The van der Waals surface area contributed by atoms with Crippen molar-refractivity contribution in [2.24, 2.45) is 4.99 Å². The van der Waals surface area contributed by atoms with Gasteiger partial charge in [0.2, 0.25) is 0 Å². The van der Waals surface area contributed by atoms with Crippen molar-refractivity contribution in [3.05, 3.63) is 80.4 Å². The zero-order valence-corrected chi connectivity index (χ0v) is 20.3. The number of likely N-dealkylation sites (N-methyl/N-ethyl adjacent to an activating group) is 1. The summed E-state index contributed by atoms with van der Waals surface area (Å²) in [5, 5.41) is 0.690. The highest BCUT2D eigenvalue weighted by atomic mass is 79.9. The molecule has 2 heterocycles. The molecule has 1 aliphatic heterocycles. The van der Waals surface area contributed by atoms with E-state index in [1.165, 1.54) is 28.5 Å². The Kier molecular flexibility index (Phi) is 6.21. The third kappa shape index (κ3) is 4.55. The second kappa shape index (κ2) is 8.89. The van der Waals surface area contributed by atoms with Crippen LogP contribution in [-0.4, -0.2) is 22.5 Å². The molecule has 1 amide bonds. The standard InChI is InChI=1S/C25H23BrN2O2S/c1-5-28-24(29)23(31-25(28)27-18-8-7-16(3)17(4)13-18)14-19-9-11-22(30-19)20-10-6-15(2)12-21(20)26/h6-14H,5H2,1-4H3/b23-14+,27-25?. The average Bonchev–Trinajstić information content (AvgIpc) is 3.29. The van der Waals surface area contributed by atoms with E-state index in [4.69, 9.17) is 9.41 Å². The number of hydrogen-bond donors (Lipinski definition) is 0. The number of halogens is 1. The lowest BCUT2D eigenvalue weighted by atomic mass is 10.1. The first kappa shape index (κ1) is 21.7. The zero-order valence-electron chi connectivity index (χ0n) is 17.9. The van der Waals surface area contributed by atoms with Crippen LogP contribution >= 0.6 is 27.7 Å². The molecule has 31 heavy (non-hydrogen) atoms. The van der Waals surface area contributed by atoms with Crippen LogP contribution in [-0.2, 0) is 4.79 Å². The van der Waals surface area contributed by atoms with Gasteiger partial charge in [0.05, 0.1) is 10.6 Å². The number of thioether (sulfide) groups is 1. The van der Waals surface area contributed by atoms with Crippen LogP contribution in [0.5, 0.6) is 0 Å². The third-order valence-corrected chi connectivity index (χ3v) is 6.87. The Labute approximate surface area is 195 Å². The number of nitrogens with zero attached hydrogens (tertiary/aromatic N) is 2. The molecule has 1 saturated heterocycles. The van der Waals surface area contributed by atoms with Crippen molar-refractivity contribution in [3.63, 3.8) is 0 Å². The Morgan fingerprint density at radius 3 is 2.58 bits per heavy atom. The Balaban J connectivity index is 1.63. The minimum absolute atomic E-state index is 0.0513. The van der Waals surface area contributed by atoms with Gasteiger partial charge >= 0.3 is 0 Å². The molecule has 1 aliphatic rings. The first-order chi connectivity index (χ1) is 14.9. The van der Waals surface area contributed by atoms with Gasteiger partial charge in [0.15, 0.2) is 5.17 Å². The summed E-state index contributed by atoms with van der Waals surface area (Å²) < 4.78 is 7.00. The van der Waals surface area contributed by atoms with Gasteiger partial charge < -0.3 is 4.42 Å². The predicted octanol–water partition coefficient (Wildman–Crippen LogP) is 7.26. The number of aryl methyl sites for hydroxylation is 3. The van der Waals surface area contributed by atoms with Crippen LogP contribution in [0.3, 0.4) is 0 Å². The first-order valence-electron chi connectivity index (χ1n) is 10.1. The highest BCUT2D eigenvalue weighted by Gasteiger charge is 2.32. The van der Waals surface area contributed by atoms with Gasteiger partial charge in [-0.3, -0.25) is 9.69 Å². The molecule has 3 aromatic rings. The number of hydrogen-bond acceptors (Lipinski definition) is 4.